The van der Waals surface area contributed by atoms with Crippen LogP contribution >= 0.6 is 0 Å². The van der Waals surface area contributed by atoms with Crippen molar-refractivity contribution in [1.29, 1.82) is 0 Å². The molecule has 0 heterocycles. The van der Waals surface area contributed by atoms with Gasteiger partial charge in [0, 0.05) is 0 Å². The van der Waals surface area contributed by atoms with E-state index < -0.39 is 17.5 Å². The van der Waals surface area contributed by atoms with Crippen molar-refractivity contribution in [1.82, 2.24) is 0 Å². The molecule has 0 aliphatic rings. The summed E-state index contributed by atoms with van der Waals surface area (Å²) in [6, 6.07) is 7.16. The second-order valence-corrected chi connectivity index (χ2v) is 6.75. The van der Waals surface area contributed by atoms with E-state index >= 15 is 0 Å². The van der Waals surface area contributed by atoms with Crippen LogP contribution in [-0.2, 0) is 6.42 Å². The van der Waals surface area contributed by atoms with Crippen LogP contribution in [0, 0.1) is 24.5 Å². The van der Waals surface area contributed by atoms with Crippen molar-refractivity contribution in [2.45, 2.75) is 40.0 Å². The maximum atomic E-state index is 14.1. The van der Waals surface area contributed by atoms with E-state index in [4.69, 9.17) is 5.73 Å². The van der Waals surface area contributed by atoms with Gasteiger partial charge in [0.25, 0.3) is 5.91 Å². The van der Waals surface area contributed by atoms with Crippen molar-refractivity contribution in [2.75, 3.05) is 5.32 Å². The number of halogens is 2. The summed E-state index contributed by atoms with van der Waals surface area (Å²) in [6.07, 6.45) is 2.32. The third kappa shape index (κ3) is 5.02. The van der Waals surface area contributed by atoms with Gasteiger partial charge in [0.1, 0.15) is 11.6 Å². The molecule has 5 heteroatoms. The number of hydrogen-bond donors (Lipinski definition) is 2. The molecule has 0 unspecified atom stereocenters. The molecule has 0 saturated heterocycles. The molecule has 2 aromatic carbocycles. The molecule has 0 aliphatic heterocycles. The fourth-order valence-electron chi connectivity index (χ4n) is 2.82. The van der Waals surface area contributed by atoms with E-state index in [0.29, 0.717) is 17.9 Å². The summed E-state index contributed by atoms with van der Waals surface area (Å²) in [4.78, 5) is 11.9. The van der Waals surface area contributed by atoms with E-state index in [1.54, 1.807) is 19.1 Å². The molecule has 0 aromatic heterocycles. The lowest BCUT2D eigenvalue weighted by Crippen LogP contribution is -2.17. The van der Waals surface area contributed by atoms with Crippen molar-refractivity contribution in [2.24, 2.45) is 11.7 Å². The lowest BCUT2D eigenvalue weighted by molar-refractivity contribution is 0.1000. The Morgan fingerprint density at radius 1 is 1.16 bits per heavy atom. The van der Waals surface area contributed by atoms with Crippen LogP contribution < -0.4 is 11.1 Å². The summed E-state index contributed by atoms with van der Waals surface area (Å²) in [5, 5.41) is 2.81. The summed E-state index contributed by atoms with van der Waals surface area (Å²) in [5.74, 6) is -1.10. The number of benzene rings is 2. The number of nitrogens with one attached hydrogen (secondary N) is 1. The van der Waals surface area contributed by atoms with E-state index in [2.05, 4.69) is 19.2 Å². The van der Waals surface area contributed by atoms with E-state index in [1.807, 2.05) is 0 Å². The lowest BCUT2D eigenvalue weighted by atomic mass is 9.97. The number of carbonyl (C=O) groups is 1. The molecule has 134 valence electrons. The topological polar surface area (TPSA) is 55.1 Å². The van der Waals surface area contributed by atoms with Crippen LogP contribution in [0.5, 0.6) is 0 Å². The normalized spacial score (nSPS) is 11.0. The molecule has 0 radical (unpaired) electrons. The van der Waals surface area contributed by atoms with Gasteiger partial charge in [0.2, 0.25) is 0 Å². The van der Waals surface area contributed by atoms with Gasteiger partial charge >= 0.3 is 0 Å². The minimum absolute atomic E-state index is 0.173. The van der Waals surface area contributed by atoms with E-state index in [0.717, 1.165) is 18.4 Å². The van der Waals surface area contributed by atoms with Crippen molar-refractivity contribution in [3.8, 4) is 0 Å². The molecule has 0 aliphatic carbocycles. The van der Waals surface area contributed by atoms with Crippen LogP contribution in [0.15, 0.2) is 30.3 Å². The molecule has 0 atom stereocenters. The lowest BCUT2D eigenvalue weighted by Gasteiger charge is -2.16. The minimum Gasteiger partial charge on any atom is -0.366 e. The average Bonchev–Trinajstić information content (AvgIpc) is 2.49. The molecular formula is C20H24F2N2O. The molecule has 0 fully saturated rings. The summed E-state index contributed by atoms with van der Waals surface area (Å²) in [6.45, 7) is 5.98. The third-order valence-corrected chi connectivity index (χ3v) is 4.05. The molecular weight excluding hydrogens is 322 g/mol. The van der Waals surface area contributed by atoms with Crippen LogP contribution in [-0.4, -0.2) is 5.91 Å². The highest BCUT2D eigenvalue weighted by molar-refractivity contribution is 6.00. The second kappa shape index (κ2) is 8.10. The van der Waals surface area contributed by atoms with Crippen molar-refractivity contribution >= 4 is 17.3 Å². The van der Waals surface area contributed by atoms with Gasteiger partial charge in [-0.3, -0.25) is 4.79 Å². The van der Waals surface area contributed by atoms with Crippen LogP contribution in [0.4, 0.5) is 20.2 Å². The van der Waals surface area contributed by atoms with Crippen molar-refractivity contribution in [3.05, 3.63) is 58.7 Å². The number of nitrogens with two attached hydrogens (primary N) is 1. The van der Waals surface area contributed by atoms with Crippen LogP contribution in [0.3, 0.4) is 0 Å². The predicted molar refractivity (Wildman–Crippen MR) is 97.1 cm³/mol. The SMILES string of the molecule is Cc1ccc(Nc2cc(F)cc(CCCC(C)C)c2C(N)=O)c(F)c1. The van der Waals surface area contributed by atoms with Gasteiger partial charge in [0.05, 0.1) is 16.9 Å². The summed E-state index contributed by atoms with van der Waals surface area (Å²) < 4.78 is 28.1. The molecule has 3 N–H and O–H groups in total. The number of amides is 1. The minimum atomic E-state index is -0.658. The van der Waals surface area contributed by atoms with Gasteiger partial charge in [-0.05, 0) is 61.1 Å². The third-order valence-electron chi connectivity index (χ3n) is 4.05. The molecule has 1 amide bonds. The highest BCUT2D eigenvalue weighted by Gasteiger charge is 2.17. The molecule has 3 nitrogen and oxygen atoms in total. The Morgan fingerprint density at radius 2 is 1.88 bits per heavy atom. The first-order chi connectivity index (χ1) is 11.8. The molecule has 25 heavy (non-hydrogen) atoms. The van der Waals surface area contributed by atoms with E-state index in [9.17, 15) is 13.6 Å². The quantitative estimate of drug-likeness (QED) is 0.733. The Labute approximate surface area is 147 Å². The monoisotopic (exact) mass is 346 g/mol. The standard InChI is InChI=1S/C20H24F2N2O/c1-12(2)5-4-6-14-10-15(21)11-18(19(14)20(23)25)24-17-8-7-13(3)9-16(17)22/h7-12,24H,4-6H2,1-3H3,(H2,23,25). The first-order valence-electron chi connectivity index (χ1n) is 8.43. The van der Waals surface area contributed by atoms with Crippen molar-refractivity contribution < 1.29 is 13.6 Å². The predicted octanol–water partition coefficient (Wildman–Crippen LogP) is 5.09. The Kier molecular flexibility index (Phi) is 6.12. The number of carbonyl (C=O) groups excluding carboxylic acids is 1. The molecule has 0 saturated carbocycles. The maximum absolute atomic E-state index is 14.1. The number of primary amides is 1. The molecule has 2 rings (SSSR count). The zero-order valence-corrected chi connectivity index (χ0v) is 14.8. The highest BCUT2D eigenvalue weighted by Crippen LogP contribution is 2.28. The zero-order valence-electron chi connectivity index (χ0n) is 14.8. The zero-order chi connectivity index (χ0) is 18.6. The fraction of sp³-hybridized carbons (Fsp3) is 0.350. The summed E-state index contributed by atoms with van der Waals surface area (Å²) in [5.41, 5.74) is 7.41. The van der Waals surface area contributed by atoms with E-state index in [1.165, 1.54) is 18.2 Å². The van der Waals surface area contributed by atoms with Crippen LogP contribution in [0.25, 0.3) is 0 Å². The highest BCUT2D eigenvalue weighted by atomic mass is 19.1. The number of anilines is 2. The molecule has 2 aromatic rings. The number of rotatable bonds is 7. The first-order valence-corrected chi connectivity index (χ1v) is 8.43. The Morgan fingerprint density at radius 3 is 2.48 bits per heavy atom. The van der Waals surface area contributed by atoms with Gasteiger partial charge in [-0.1, -0.05) is 26.3 Å². The van der Waals surface area contributed by atoms with Gasteiger partial charge < -0.3 is 11.1 Å². The first kappa shape index (κ1) is 18.9. The Bertz CT molecular complexity index is 773. The molecule has 0 bridgehead atoms. The largest absolute Gasteiger partial charge is 0.366 e. The van der Waals surface area contributed by atoms with E-state index in [-0.39, 0.29) is 16.9 Å². The Hall–Kier alpha value is -2.43. The number of aryl methyl sites for hydroxylation is 2. The van der Waals surface area contributed by atoms with Crippen LogP contribution in [0.2, 0.25) is 0 Å². The van der Waals surface area contributed by atoms with Gasteiger partial charge in [-0.25, -0.2) is 8.78 Å². The second-order valence-electron chi connectivity index (χ2n) is 6.75. The van der Waals surface area contributed by atoms with Gasteiger partial charge in [-0.2, -0.15) is 0 Å². The smallest absolute Gasteiger partial charge is 0.251 e. The number of hydrogen-bond acceptors (Lipinski definition) is 2. The van der Waals surface area contributed by atoms with Gasteiger partial charge in [0.15, 0.2) is 0 Å². The Balaban J connectivity index is 2.38. The van der Waals surface area contributed by atoms with Crippen molar-refractivity contribution in [3.63, 3.8) is 0 Å². The van der Waals surface area contributed by atoms with Crippen LogP contribution in [0.1, 0.15) is 48.2 Å². The maximum Gasteiger partial charge on any atom is 0.251 e. The average molecular weight is 346 g/mol. The van der Waals surface area contributed by atoms with Gasteiger partial charge in [-0.15, -0.1) is 0 Å². The fourth-order valence-corrected chi connectivity index (χ4v) is 2.82. The molecule has 0 spiro atoms. The summed E-state index contributed by atoms with van der Waals surface area (Å²) >= 11 is 0. The summed E-state index contributed by atoms with van der Waals surface area (Å²) in [7, 11) is 0.